The molecule has 86 valence electrons. The van der Waals surface area contributed by atoms with Crippen LogP contribution in [-0.2, 0) is 6.61 Å². The van der Waals surface area contributed by atoms with E-state index < -0.39 is 11.5 Å². The number of fused-ring (bicyclic) bond motifs is 3. The van der Waals surface area contributed by atoms with E-state index in [0.717, 1.165) is 4.52 Å². The number of nitrogens with zero attached hydrogens (tertiary/aromatic N) is 2. The quantitative estimate of drug-likeness (QED) is 0.653. The molecule has 0 saturated heterocycles. The normalized spacial score (nSPS) is 11.4. The zero-order valence-electron chi connectivity index (χ0n) is 8.64. The van der Waals surface area contributed by atoms with Crippen LogP contribution in [0.3, 0.4) is 0 Å². The smallest absolute Gasteiger partial charge is 0.347 e. The molecule has 0 aliphatic carbocycles. The highest BCUT2D eigenvalue weighted by Crippen LogP contribution is 2.18. The Morgan fingerprint density at radius 3 is 3.00 bits per heavy atom. The van der Waals surface area contributed by atoms with Crippen molar-refractivity contribution in [2.45, 2.75) is 6.61 Å². The van der Waals surface area contributed by atoms with Gasteiger partial charge in [0, 0.05) is 5.39 Å². The van der Waals surface area contributed by atoms with Crippen molar-refractivity contribution in [3.8, 4) is 0 Å². The minimum absolute atomic E-state index is 0.266. The van der Waals surface area contributed by atoms with Gasteiger partial charge < -0.3 is 10.1 Å². The Morgan fingerprint density at radius 2 is 2.24 bits per heavy atom. The number of aliphatic hydroxyl groups is 1. The Labute approximate surface area is 94.1 Å². The number of benzene rings is 1. The van der Waals surface area contributed by atoms with E-state index in [1.165, 1.54) is 18.2 Å². The fraction of sp³-hybridized carbons (Fsp3) is 0.0909. The van der Waals surface area contributed by atoms with Gasteiger partial charge in [0.1, 0.15) is 5.82 Å². The molecule has 5 nitrogen and oxygen atoms in total. The minimum Gasteiger partial charge on any atom is -0.390 e. The number of aromatic amines is 1. The topological polar surface area (TPSA) is 70.4 Å². The van der Waals surface area contributed by atoms with Gasteiger partial charge in [0.15, 0.2) is 0 Å². The van der Waals surface area contributed by atoms with Gasteiger partial charge in [-0.05, 0) is 24.3 Å². The van der Waals surface area contributed by atoms with Crippen LogP contribution < -0.4 is 5.69 Å². The van der Waals surface area contributed by atoms with Crippen molar-refractivity contribution in [2.24, 2.45) is 0 Å². The molecule has 0 bridgehead atoms. The van der Waals surface area contributed by atoms with Crippen molar-refractivity contribution in [2.75, 3.05) is 0 Å². The van der Waals surface area contributed by atoms with E-state index in [-0.39, 0.29) is 6.61 Å². The lowest BCUT2D eigenvalue weighted by molar-refractivity contribution is 0.276. The second-order valence-electron chi connectivity index (χ2n) is 3.71. The van der Waals surface area contributed by atoms with Crippen LogP contribution in [0.15, 0.2) is 29.1 Å². The molecule has 3 rings (SSSR count). The van der Waals surface area contributed by atoms with Gasteiger partial charge in [-0.25, -0.2) is 9.18 Å². The average molecular weight is 233 g/mol. The lowest BCUT2D eigenvalue weighted by Crippen LogP contribution is -2.17. The van der Waals surface area contributed by atoms with Gasteiger partial charge in [0.2, 0.25) is 0 Å². The van der Waals surface area contributed by atoms with E-state index in [4.69, 9.17) is 5.11 Å². The number of halogens is 1. The zero-order valence-corrected chi connectivity index (χ0v) is 8.64. The molecule has 0 unspecified atom stereocenters. The van der Waals surface area contributed by atoms with E-state index in [1.54, 1.807) is 6.07 Å². The molecular weight excluding hydrogens is 225 g/mol. The minimum atomic E-state index is -0.418. The number of aliphatic hydroxyl groups excluding tert-OH is 1. The molecule has 0 aliphatic heterocycles. The Balaban J connectivity index is 2.56. The van der Waals surface area contributed by atoms with Gasteiger partial charge in [-0.15, -0.1) is 0 Å². The molecule has 0 radical (unpaired) electrons. The largest absolute Gasteiger partial charge is 0.390 e. The molecule has 1 aromatic carbocycles. The third-order valence-electron chi connectivity index (χ3n) is 2.61. The molecule has 0 saturated carbocycles. The summed E-state index contributed by atoms with van der Waals surface area (Å²) in [4.78, 5) is 14.3. The Bertz CT molecular complexity index is 775. The maximum atomic E-state index is 13.2. The van der Waals surface area contributed by atoms with E-state index in [1.807, 2.05) is 0 Å². The first-order valence-corrected chi connectivity index (χ1v) is 5.00. The second kappa shape index (κ2) is 3.39. The molecular formula is C11H8FN3O2. The number of nitrogens with one attached hydrogen (secondary N) is 1. The van der Waals surface area contributed by atoms with Crippen molar-refractivity contribution < 1.29 is 9.50 Å². The number of H-pyrrole nitrogens is 1. The summed E-state index contributed by atoms with van der Waals surface area (Å²) in [6.07, 6.45) is 0. The van der Waals surface area contributed by atoms with Gasteiger partial charge >= 0.3 is 5.69 Å². The van der Waals surface area contributed by atoms with Crippen molar-refractivity contribution >= 4 is 16.4 Å². The average Bonchev–Trinajstić information content (AvgIpc) is 2.75. The molecule has 3 aromatic rings. The predicted octanol–water partition coefficient (Wildman–Crippen LogP) is 0.807. The molecule has 0 spiro atoms. The number of rotatable bonds is 1. The summed E-state index contributed by atoms with van der Waals surface area (Å²) in [6, 6.07) is 5.66. The zero-order chi connectivity index (χ0) is 12.0. The molecule has 2 N–H and O–H groups in total. The van der Waals surface area contributed by atoms with Gasteiger partial charge in [0.05, 0.1) is 23.3 Å². The van der Waals surface area contributed by atoms with Gasteiger partial charge in [0.25, 0.3) is 0 Å². The molecule has 6 heteroatoms. The van der Waals surface area contributed by atoms with Gasteiger partial charge in [-0.1, -0.05) is 0 Å². The molecule has 0 aliphatic rings. The predicted molar refractivity (Wildman–Crippen MR) is 59.2 cm³/mol. The monoisotopic (exact) mass is 233 g/mol. The number of hydrogen-bond acceptors (Lipinski definition) is 3. The SMILES string of the molecule is O=c1[nH]c2ccc(F)cc2c2cc(CO)nn12. The lowest BCUT2D eigenvalue weighted by Gasteiger charge is -1.99. The van der Waals surface area contributed by atoms with Crippen LogP contribution in [0.2, 0.25) is 0 Å². The van der Waals surface area contributed by atoms with Crippen molar-refractivity contribution in [3.05, 3.63) is 46.3 Å². The first-order chi connectivity index (χ1) is 8.19. The van der Waals surface area contributed by atoms with Crippen molar-refractivity contribution in [1.29, 1.82) is 0 Å². The van der Waals surface area contributed by atoms with Crippen LogP contribution in [0.5, 0.6) is 0 Å². The first kappa shape index (κ1) is 9.98. The number of aromatic nitrogens is 3. The summed E-state index contributed by atoms with van der Waals surface area (Å²) >= 11 is 0. The third kappa shape index (κ3) is 1.42. The summed E-state index contributed by atoms with van der Waals surface area (Å²) < 4.78 is 14.3. The van der Waals surface area contributed by atoms with Crippen LogP contribution in [0.25, 0.3) is 16.4 Å². The van der Waals surface area contributed by atoms with Gasteiger partial charge in [-0.3, -0.25) is 0 Å². The molecule has 0 atom stereocenters. The lowest BCUT2D eigenvalue weighted by atomic mass is 10.2. The standard InChI is InChI=1S/C11H8FN3O2/c12-6-1-2-9-8(3-6)10-4-7(5-16)14-15(10)11(17)13-9/h1-4,16H,5H2,(H,13,17). The van der Waals surface area contributed by atoms with E-state index in [9.17, 15) is 9.18 Å². The molecule has 2 heterocycles. The fourth-order valence-corrected chi connectivity index (χ4v) is 1.86. The summed E-state index contributed by atoms with van der Waals surface area (Å²) in [5.41, 5.74) is 0.964. The van der Waals surface area contributed by atoms with Crippen LogP contribution in [0.1, 0.15) is 5.69 Å². The highest BCUT2D eigenvalue weighted by Gasteiger charge is 2.09. The van der Waals surface area contributed by atoms with E-state index in [0.29, 0.717) is 22.1 Å². The summed E-state index contributed by atoms with van der Waals surface area (Å²) in [7, 11) is 0. The summed E-state index contributed by atoms with van der Waals surface area (Å²) in [5, 5.41) is 13.5. The van der Waals surface area contributed by atoms with Crippen LogP contribution in [0, 0.1) is 5.82 Å². The molecule has 0 amide bonds. The van der Waals surface area contributed by atoms with Crippen molar-refractivity contribution in [3.63, 3.8) is 0 Å². The van der Waals surface area contributed by atoms with Crippen LogP contribution in [-0.4, -0.2) is 19.7 Å². The van der Waals surface area contributed by atoms with E-state index >= 15 is 0 Å². The molecule has 17 heavy (non-hydrogen) atoms. The summed E-state index contributed by atoms with van der Waals surface area (Å²) in [6.45, 7) is -0.266. The van der Waals surface area contributed by atoms with Crippen molar-refractivity contribution in [1.82, 2.24) is 14.6 Å². The number of hydrogen-bond donors (Lipinski definition) is 2. The maximum absolute atomic E-state index is 13.2. The van der Waals surface area contributed by atoms with E-state index in [2.05, 4.69) is 10.1 Å². The Kier molecular flexibility index (Phi) is 1.99. The molecule has 0 fully saturated rings. The molecule has 2 aromatic heterocycles. The second-order valence-corrected chi connectivity index (χ2v) is 3.71. The summed E-state index contributed by atoms with van der Waals surface area (Å²) in [5.74, 6) is -0.391. The third-order valence-corrected chi connectivity index (χ3v) is 2.61. The Morgan fingerprint density at radius 1 is 1.41 bits per heavy atom. The van der Waals surface area contributed by atoms with Gasteiger partial charge in [-0.2, -0.15) is 9.61 Å². The highest BCUT2D eigenvalue weighted by molar-refractivity contribution is 5.93. The highest BCUT2D eigenvalue weighted by atomic mass is 19.1. The van der Waals surface area contributed by atoms with Crippen LogP contribution in [0.4, 0.5) is 4.39 Å². The maximum Gasteiger partial charge on any atom is 0.347 e. The fourth-order valence-electron chi connectivity index (χ4n) is 1.86. The Hall–Kier alpha value is -2.21. The van der Waals surface area contributed by atoms with Crippen LogP contribution >= 0.6 is 0 Å². The first-order valence-electron chi connectivity index (χ1n) is 5.00.